The molecule has 0 amide bonds. The fourth-order valence-electron chi connectivity index (χ4n) is 2.36. The minimum absolute atomic E-state index is 0.135. The van der Waals surface area contributed by atoms with Gasteiger partial charge in [-0.05, 0) is 24.1 Å². The van der Waals surface area contributed by atoms with E-state index in [1.807, 2.05) is 0 Å². The van der Waals surface area contributed by atoms with Crippen molar-refractivity contribution in [3.63, 3.8) is 0 Å². The number of aliphatic carboxylic acids is 1. The molecule has 1 atom stereocenters. The maximum absolute atomic E-state index is 12.7. The Morgan fingerprint density at radius 3 is 2.25 bits per heavy atom. The van der Waals surface area contributed by atoms with Gasteiger partial charge in [0.05, 0.1) is 11.5 Å². The normalized spacial score (nSPS) is 12.6. The van der Waals surface area contributed by atoms with Gasteiger partial charge in [-0.15, -0.1) is 0 Å². The molecular formula is C18H15F3O3. The Hall–Kier alpha value is -2.63. The van der Waals surface area contributed by atoms with E-state index in [1.165, 1.54) is 6.07 Å². The highest BCUT2D eigenvalue weighted by molar-refractivity contribution is 5.98. The monoisotopic (exact) mass is 336 g/mol. The molecule has 6 heteroatoms. The van der Waals surface area contributed by atoms with E-state index >= 15 is 0 Å². The van der Waals surface area contributed by atoms with Crippen LogP contribution in [0.15, 0.2) is 54.6 Å². The van der Waals surface area contributed by atoms with Crippen molar-refractivity contribution in [3.8, 4) is 0 Å². The highest BCUT2D eigenvalue weighted by atomic mass is 19.4. The largest absolute Gasteiger partial charge is 0.481 e. The van der Waals surface area contributed by atoms with Crippen LogP contribution in [0.2, 0.25) is 0 Å². The quantitative estimate of drug-likeness (QED) is 0.804. The molecule has 0 spiro atoms. The third-order valence-electron chi connectivity index (χ3n) is 3.62. The average Bonchev–Trinajstić information content (AvgIpc) is 2.54. The summed E-state index contributed by atoms with van der Waals surface area (Å²) in [5, 5.41) is 9.28. The van der Waals surface area contributed by atoms with Crippen LogP contribution in [-0.2, 0) is 17.4 Å². The molecule has 0 radical (unpaired) electrons. The number of carbonyl (C=O) groups is 2. The highest BCUT2D eigenvalue weighted by Crippen LogP contribution is 2.30. The summed E-state index contributed by atoms with van der Waals surface area (Å²) in [7, 11) is 0. The van der Waals surface area contributed by atoms with Gasteiger partial charge in [-0.3, -0.25) is 9.59 Å². The lowest BCUT2D eigenvalue weighted by Crippen LogP contribution is -2.20. The molecule has 3 nitrogen and oxygen atoms in total. The zero-order valence-electron chi connectivity index (χ0n) is 12.6. The van der Waals surface area contributed by atoms with Crippen molar-refractivity contribution in [2.24, 2.45) is 5.92 Å². The summed E-state index contributed by atoms with van der Waals surface area (Å²) in [6.07, 6.45) is -4.76. The van der Waals surface area contributed by atoms with Crippen molar-refractivity contribution >= 4 is 11.8 Å². The maximum atomic E-state index is 12.7. The molecule has 0 aliphatic carbocycles. The number of Topliss-reactive ketones (excluding diaryl/α,β-unsaturated/α-hetero) is 1. The SMILES string of the molecule is O=C(CC(Cc1ccccc1)C(=O)O)c1cccc(C(F)(F)F)c1. The van der Waals surface area contributed by atoms with Crippen LogP contribution >= 0.6 is 0 Å². The van der Waals surface area contributed by atoms with Gasteiger partial charge in [0.2, 0.25) is 0 Å². The van der Waals surface area contributed by atoms with E-state index in [0.29, 0.717) is 0 Å². The number of carboxylic acids is 1. The maximum Gasteiger partial charge on any atom is 0.416 e. The van der Waals surface area contributed by atoms with Crippen LogP contribution in [0.25, 0.3) is 0 Å². The van der Waals surface area contributed by atoms with E-state index in [9.17, 15) is 27.9 Å². The predicted molar refractivity (Wildman–Crippen MR) is 81.7 cm³/mol. The Morgan fingerprint density at radius 1 is 1.00 bits per heavy atom. The topological polar surface area (TPSA) is 54.4 Å². The van der Waals surface area contributed by atoms with Gasteiger partial charge in [0, 0.05) is 12.0 Å². The lowest BCUT2D eigenvalue weighted by atomic mass is 9.92. The summed E-state index contributed by atoms with van der Waals surface area (Å²) >= 11 is 0. The number of carbonyl (C=O) groups excluding carboxylic acids is 1. The number of alkyl halides is 3. The first-order chi connectivity index (χ1) is 11.3. The summed E-state index contributed by atoms with van der Waals surface area (Å²) in [4.78, 5) is 23.6. The molecule has 2 aromatic carbocycles. The number of hydrogen-bond acceptors (Lipinski definition) is 2. The Bertz CT molecular complexity index is 724. The lowest BCUT2D eigenvalue weighted by molar-refractivity contribution is -0.141. The first-order valence-electron chi connectivity index (χ1n) is 7.24. The third kappa shape index (κ3) is 4.68. The Morgan fingerprint density at radius 2 is 1.67 bits per heavy atom. The molecule has 0 fully saturated rings. The van der Waals surface area contributed by atoms with E-state index in [4.69, 9.17) is 0 Å². The van der Waals surface area contributed by atoms with Crippen molar-refractivity contribution in [2.75, 3.05) is 0 Å². The molecule has 2 aromatic rings. The second kappa shape index (κ2) is 7.29. The van der Waals surface area contributed by atoms with Crippen molar-refractivity contribution < 1.29 is 27.9 Å². The Kier molecular flexibility index (Phi) is 5.39. The second-order valence-electron chi connectivity index (χ2n) is 5.43. The standard InChI is InChI=1S/C18H15F3O3/c19-18(20,21)15-8-4-7-13(10-15)16(22)11-14(17(23)24)9-12-5-2-1-3-6-12/h1-8,10,14H,9,11H2,(H,23,24). The molecule has 0 bridgehead atoms. The predicted octanol–water partition coefficient (Wildman–Crippen LogP) is 4.22. The van der Waals surface area contributed by atoms with Crippen molar-refractivity contribution in [1.82, 2.24) is 0 Å². The van der Waals surface area contributed by atoms with Crippen LogP contribution in [0.3, 0.4) is 0 Å². The smallest absolute Gasteiger partial charge is 0.416 e. The van der Waals surface area contributed by atoms with E-state index in [-0.39, 0.29) is 18.4 Å². The fourth-order valence-corrected chi connectivity index (χ4v) is 2.36. The van der Waals surface area contributed by atoms with Gasteiger partial charge in [0.15, 0.2) is 5.78 Å². The molecule has 0 aliphatic rings. The van der Waals surface area contributed by atoms with E-state index in [1.54, 1.807) is 30.3 Å². The van der Waals surface area contributed by atoms with Gasteiger partial charge < -0.3 is 5.11 Å². The van der Waals surface area contributed by atoms with Gasteiger partial charge in [0.25, 0.3) is 0 Å². The molecule has 0 saturated heterocycles. The summed E-state index contributed by atoms with van der Waals surface area (Å²) in [6.45, 7) is 0. The molecule has 126 valence electrons. The Balaban J connectivity index is 2.15. The molecule has 2 rings (SSSR count). The minimum Gasteiger partial charge on any atom is -0.481 e. The van der Waals surface area contributed by atoms with Crippen LogP contribution in [0, 0.1) is 5.92 Å². The average molecular weight is 336 g/mol. The van der Waals surface area contributed by atoms with Gasteiger partial charge in [0.1, 0.15) is 0 Å². The van der Waals surface area contributed by atoms with Crippen molar-refractivity contribution in [1.29, 1.82) is 0 Å². The Labute approximate surface area is 136 Å². The number of ketones is 1. The number of rotatable bonds is 6. The number of halogens is 3. The van der Waals surface area contributed by atoms with Crippen molar-refractivity contribution in [3.05, 3.63) is 71.3 Å². The van der Waals surface area contributed by atoms with E-state index in [0.717, 1.165) is 23.8 Å². The molecule has 0 aromatic heterocycles. The van der Waals surface area contributed by atoms with Gasteiger partial charge in [-0.1, -0.05) is 42.5 Å². The number of carboxylic acid groups (broad SMARTS) is 1. The molecule has 1 unspecified atom stereocenters. The van der Waals surface area contributed by atoms with Crippen LogP contribution in [0.5, 0.6) is 0 Å². The van der Waals surface area contributed by atoms with Crippen molar-refractivity contribution in [2.45, 2.75) is 19.0 Å². The minimum atomic E-state index is -4.55. The van der Waals surface area contributed by atoms with Crippen LogP contribution < -0.4 is 0 Å². The first kappa shape index (κ1) is 17.7. The van der Waals surface area contributed by atoms with E-state index < -0.39 is 29.4 Å². The molecule has 0 saturated carbocycles. The van der Waals surface area contributed by atoms with Crippen LogP contribution in [0.1, 0.15) is 27.9 Å². The van der Waals surface area contributed by atoms with E-state index in [2.05, 4.69) is 0 Å². The van der Waals surface area contributed by atoms with Crippen LogP contribution in [0.4, 0.5) is 13.2 Å². The number of benzene rings is 2. The first-order valence-corrected chi connectivity index (χ1v) is 7.24. The highest BCUT2D eigenvalue weighted by Gasteiger charge is 2.31. The summed E-state index contributed by atoms with van der Waals surface area (Å²) < 4.78 is 38.1. The lowest BCUT2D eigenvalue weighted by Gasteiger charge is -2.13. The number of hydrogen-bond donors (Lipinski definition) is 1. The second-order valence-corrected chi connectivity index (χ2v) is 5.43. The molecule has 0 aliphatic heterocycles. The van der Waals surface area contributed by atoms with Gasteiger partial charge >= 0.3 is 12.1 Å². The molecular weight excluding hydrogens is 321 g/mol. The van der Waals surface area contributed by atoms with Gasteiger partial charge in [-0.25, -0.2) is 0 Å². The van der Waals surface area contributed by atoms with Gasteiger partial charge in [-0.2, -0.15) is 13.2 Å². The molecule has 0 heterocycles. The zero-order valence-corrected chi connectivity index (χ0v) is 12.6. The fraction of sp³-hybridized carbons (Fsp3) is 0.222. The summed E-state index contributed by atoms with van der Waals surface area (Å²) in [5.74, 6) is -2.77. The molecule has 24 heavy (non-hydrogen) atoms. The zero-order chi connectivity index (χ0) is 17.7. The van der Waals surface area contributed by atoms with Crippen LogP contribution in [-0.4, -0.2) is 16.9 Å². The third-order valence-corrected chi connectivity index (χ3v) is 3.62. The molecule has 1 N–H and O–H groups in total. The summed E-state index contributed by atoms with van der Waals surface area (Å²) in [6, 6.07) is 12.8. The summed E-state index contributed by atoms with van der Waals surface area (Å²) in [5.41, 5.74) is -0.311.